The number of esters is 1. The minimum Gasteiger partial charge on any atom is -0.469 e. The van der Waals surface area contributed by atoms with E-state index in [1.807, 2.05) is 0 Å². The van der Waals surface area contributed by atoms with Crippen LogP contribution in [0.15, 0.2) is 0 Å². The van der Waals surface area contributed by atoms with Crippen LogP contribution in [0.2, 0.25) is 0 Å². The number of methoxy groups -OCH3 is 1. The maximum atomic E-state index is 14.2. The SMILES string of the molecule is COC(=O)CC(C)(F)S(=O)(=O)C1CCCCC1. The Kier molecular flexibility index (Phi) is 4.52. The van der Waals surface area contributed by atoms with Crippen LogP contribution in [0.1, 0.15) is 45.4 Å². The third kappa shape index (κ3) is 3.18. The molecule has 1 unspecified atom stereocenters. The van der Waals surface area contributed by atoms with E-state index in [1.165, 1.54) is 0 Å². The molecule has 0 aromatic heterocycles. The molecular formula is C11H19FO4S. The smallest absolute Gasteiger partial charge is 0.309 e. The summed E-state index contributed by atoms with van der Waals surface area (Å²) in [6, 6.07) is 0. The third-order valence-corrected chi connectivity index (χ3v) is 5.95. The van der Waals surface area contributed by atoms with E-state index in [2.05, 4.69) is 4.74 Å². The number of sulfone groups is 1. The van der Waals surface area contributed by atoms with Crippen molar-refractivity contribution in [3.05, 3.63) is 0 Å². The fourth-order valence-corrected chi connectivity index (χ4v) is 4.12. The fraction of sp³-hybridized carbons (Fsp3) is 0.909. The Morgan fingerprint density at radius 1 is 1.35 bits per heavy atom. The average Bonchev–Trinajstić information content (AvgIpc) is 2.29. The fourth-order valence-electron chi connectivity index (χ4n) is 2.15. The van der Waals surface area contributed by atoms with Crippen molar-refractivity contribution in [2.75, 3.05) is 7.11 Å². The van der Waals surface area contributed by atoms with Crippen molar-refractivity contribution in [3.63, 3.8) is 0 Å². The van der Waals surface area contributed by atoms with Gasteiger partial charge in [0.05, 0.1) is 18.8 Å². The van der Waals surface area contributed by atoms with E-state index >= 15 is 0 Å². The predicted molar refractivity (Wildman–Crippen MR) is 61.9 cm³/mol. The molecule has 0 N–H and O–H groups in total. The summed E-state index contributed by atoms with van der Waals surface area (Å²) in [6.45, 7) is 0.952. The van der Waals surface area contributed by atoms with Gasteiger partial charge in [-0.25, -0.2) is 12.8 Å². The minimum absolute atomic E-state index is 0.489. The molecule has 0 heterocycles. The lowest BCUT2D eigenvalue weighted by Gasteiger charge is -2.28. The maximum Gasteiger partial charge on any atom is 0.309 e. The number of carbonyl (C=O) groups excluding carboxylic acids is 1. The third-order valence-electron chi connectivity index (χ3n) is 3.27. The molecule has 0 aliphatic heterocycles. The molecule has 0 aromatic rings. The van der Waals surface area contributed by atoms with E-state index in [9.17, 15) is 17.6 Å². The first kappa shape index (κ1) is 14.4. The average molecular weight is 266 g/mol. The lowest BCUT2D eigenvalue weighted by molar-refractivity contribution is -0.142. The van der Waals surface area contributed by atoms with E-state index < -0.39 is 32.5 Å². The number of ether oxygens (including phenoxy) is 1. The second-order valence-corrected chi connectivity index (χ2v) is 7.27. The van der Waals surface area contributed by atoms with Crippen molar-refractivity contribution >= 4 is 15.8 Å². The quantitative estimate of drug-likeness (QED) is 0.730. The van der Waals surface area contributed by atoms with Crippen LogP contribution < -0.4 is 0 Å². The summed E-state index contributed by atoms with van der Waals surface area (Å²) >= 11 is 0. The molecule has 1 rings (SSSR count). The molecule has 6 heteroatoms. The monoisotopic (exact) mass is 266 g/mol. The molecule has 100 valence electrons. The van der Waals surface area contributed by atoms with Gasteiger partial charge in [0, 0.05) is 0 Å². The molecule has 0 bridgehead atoms. The number of halogens is 1. The van der Waals surface area contributed by atoms with E-state index in [-0.39, 0.29) is 0 Å². The molecule has 1 aliphatic carbocycles. The number of hydrogen-bond acceptors (Lipinski definition) is 4. The predicted octanol–water partition coefficient (Wildman–Crippen LogP) is 1.98. The van der Waals surface area contributed by atoms with Gasteiger partial charge in [-0.1, -0.05) is 19.3 Å². The first-order chi connectivity index (χ1) is 7.81. The number of carbonyl (C=O) groups is 1. The highest BCUT2D eigenvalue weighted by molar-refractivity contribution is 7.93. The van der Waals surface area contributed by atoms with Crippen molar-refractivity contribution in [1.29, 1.82) is 0 Å². The summed E-state index contributed by atoms with van der Waals surface area (Å²) in [7, 11) is -2.82. The molecule has 0 spiro atoms. The van der Waals surface area contributed by atoms with Crippen molar-refractivity contribution in [2.24, 2.45) is 0 Å². The standard InChI is InChI=1S/C11H19FO4S/c1-11(12,8-10(13)16-2)17(14,15)9-6-4-3-5-7-9/h9H,3-8H2,1-2H3. The van der Waals surface area contributed by atoms with Crippen LogP contribution in [0.25, 0.3) is 0 Å². The van der Waals surface area contributed by atoms with Crippen LogP contribution in [0.5, 0.6) is 0 Å². The lowest BCUT2D eigenvalue weighted by atomic mass is 10.0. The molecule has 0 saturated heterocycles. The zero-order valence-electron chi connectivity index (χ0n) is 10.2. The van der Waals surface area contributed by atoms with Crippen LogP contribution in [-0.4, -0.2) is 31.7 Å². The Hall–Kier alpha value is -0.650. The van der Waals surface area contributed by atoms with Crippen molar-refractivity contribution in [1.82, 2.24) is 0 Å². The topological polar surface area (TPSA) is 60.4 Å². The van der Waals surface area contributed by atoms with Gasteiger partial charge >= 0.3 is 5.97 Å². The van der Waals surface area contributed by atoms with E-state index in [0.717, 1.165) is 33.3 Å². The van der Waals surface area contributed by atoms with Crippen LogP contribution in [0.3, 0.4) is 0 Å². The second-order valence-electron chi connectivity index (χ2n) is 4.66. The van der Waals surface area contributed by atoms with E-state index in [0.29, 0.717) is 12.8 Å². The molecule has 1 saturated carbocycles. The molecule has 0 radical (unpaired) electrons. The molecule has 1 atom stereocenters. The normalized spacial score (nSPS) is 21.8. The highest BCUT2D eigenvalue weighted by Crippen LogP contribution is 2.34. The molecule has 17 heavy (non-hydrogen) atoms. The van der Waals surface area contributed by atoms with E-state index in [4.69, 9.17) is 0 Å². The first-order valence-corrected chi connectivity index (χ1v) is 7.35. The summed E-state index contributed by atoms with van der Waals surface area (Å²) in [5.74, 6) is -0.839. The Balaban J connectivity index is 2.83. The highest BCUT2D eigenvalue weighted by Gasteiger charge is 2.46. The van der Waals surface area contributed by atoms with Gasteiger partial charge in [0.2, 0.25) is 5.00 Å². The second kappa shape index (κ2) is 5.33. The number of hydrogen-bond donors (Lipinski definition) is 0. The van der Waals surface area contributed by atoms with Crippen LogP contribution in [-0.2, 0) is 19.4 Å². The Morgan fingerprint density at radius 2 is 1.88 bits per heavy atom. The van der Waals surface area contributed by atoms with Crippen molar-refractivity contribution < 1.29 is 22.3 Å². The van der Waals surface area contributed by atoms with Gasteiger partial charge in [0.15, 0.2) is 9.84 Å². The van der Waals surface area contributed by atoms with Gasteiger partial charge in [0.1, 0.15) is 0 Å². The first-order valence-electron chi connectivity index (χ1n) is 5.80. The summed E-state index contributed by atoms with van der Waals surface area (Å²) in [5.41, 5.74) is 0. The van der Waals surface area contributed by atoms with Crippen molar-refractivity contribution in [3.8, 4) is 0 Å². The number of alkyl halides is 1. The highest BCUT2D eigenvalue weighted by atomic mass is 32.2. The summed E-state index contributed by atoms with van der Waals surface area (Å²) < 4.78 is 42.7. The molecular weight excluding hydrogens is 247 g/mol. The lowest BCUT2D eigenvalue weighted by Crippen LogP contribution is -2.41. The summed E-state index contributed by atoms with van der Waals surface area (Å²) in [6.07, 6.45) is 2.84. The Labute approximate surface area is 101 Å². The number of rotatable bonds is 4. The van der Waals surface area contributed by atoms with Gasteiger partial charge in [-0.3, -0.25) is 4.79 Å². The van der Waals surface area contributed by atoms with Gasteiger partial charge < -0.3 is 4.74 Å². The zero-order chi connectivity index (χ0) is 13.1. The summed E-state index contributed by atoms with van der Waals surface area (Å²) in [4.78, 5) is 11.0. The Bertz CT molecular complexity index is 369. The summed E-state index contributed by atoms with van der Waals surface area (Å²) in [5, 5.41) is -3.18. The van der Waals surface area contributed by atoms with Crippen LogP contribution in [0, 0.1) is 0 Å². The molecule has 0 aromatic carbocycles. The molecule has 0 amide bonds. The minimum atomic E-state index is -3.93. The van der Waals surface area contributed by atoms with E-state index in [1.54, 1.807) is 0 Å². The van der Waals surface area contributed by atoms with Gasteiger partial charge in [-0.2, -0.15) is 0 Å². The van der Waals surface area contributed by atoms with Gasteiger partial charge in [-0.15, -0.1) is 0 Å². The van der Waals surface area contributed by atoms with Gasteiger partial charge in [-0.05, 0) is 19.8 Å². The maximum absolute atomic E-state index is 14.2. The molecule has 4 nitrogen and oxygen atoms in total. The largest absolute Gasteiger partial charge is 0.469 e. The molecule has 1 aliphatic rings. The Morgan fingerprint density at radius 3 is 2.35 bits per heavy atom. The van der Waals surface area contributed by atoms with Crippen LogP contribution in [0.4, 0.5) is 4.39 Å². The van der Waals surface area contributed by atoms with Crippen LogP contribution >= 0.6 is 0 Å². The zero-order valence-corrected chi connectivity index (χ0v) is 11.1. The van der Waals surface area contributed by atoms with Crippen molar-refractivity contribution in [2.45, 2.75) is 55.7 Å². The molecule has 1 fully saturated rings. The van der Waals surface area contributed by atoms with Gasteiger partial charge in [0.25, 0.3) is 0 Å².